The zero-order valence-electron chi connectivity index (χ0n) is 34.1. The molecule has 2 aliphatic rings. The van der Waals surface area contributed by atoms with Crippen LogP contribution in [0.15, 0.2) is 65.8 Å². The molecule has 0 spiro atoms. The van der Waals surface area contributed by atoms with Crippen LogP contribution < -0.4 is 10.6 Å². The van der Waals surface area contributed by atoms with Crippen LogP contribution in [-0.2, 0) is 46.7 Å². The van der Waals surface area contributed by atoms with Crippen LogP contribution in [0.2, 0.25) is 5.02 Å². The van der Waals surface area contributed by atoms with E-state index in [1.54, 1.807) is 54.2 Å². The van der Waals surface area contributed by atoms with Crippen LogP contribution in [0.5, 0.6) is 0 Å². The normalized spacial score (nSPS) is 16.6. The van der Waals surface area contributed by atoms with Crippen LogP contribution in [0.1, 0.15) is 88.6 Å². The van der Waals surface area contributed by atoms with E-state index in [4.69, 9.17) is 30.9 Å². The van der Waals surface area contributed by atoms with Crippen molar-refractivity contribution in [2.45, 2.75) is 75.6 Å². The first-order chi connectivity index (χ1) is 29.5. The van der Waals surface area contributed by atoms with Crippen LogP contribution >= 0.6 is 22.9 Å². The standard InChI is InChI=1S/C43H52ClN5O10S2/c1-2-49(34-14-10-29(11-15-34)41(53)45-19-21-58-23-25-59-24-22-57-20-18-38(50)51)61(55,56)35-7-5-6-30(26-35)42(54)47-43-39(36-8-3-4-9-37(36)60-43)40(52)31-27-46-48(28-31)33-16-12-32(44)13-17-33/h5-7,12-13,16-17,26-29,34H,2-4,8-11,14-15,18-25H2,1H3,(H,45,53)(H,47,54)(H,50,51). The minimum Gasteiger partial charge on any atom is -0.481 e. The van der Waals surface area contributed by atoms with Gasteiger partial charge in [0.15, 0.2) is 5.78 Å². The third kappa shape index (κ3) is 12.1. The van der Waals surface area contributed by atoms with Crippen molar-refractivity contribution in [3.8, 4) is 5.69 Å². The van der Waals surface area contributed by atoms with Gasteiger partial charge in [0.25, 0.3) is 5.91 Å². The highest BCUT2D eigenvalue weighted by Gasteiger charge is 2.35. The number of carbonyl (C=O) groups excluding carboxylic acids is 3. The number of ether oxygens (including phenoxy) is 3. The quantitative estimate of drug-likeness (QED) is 0.0604. The first-order valence-electron chi connectivity index (χ1n) is 20.6. The summed E-state index contributed by atoms with van der Waals surface area (Å²) >= 11 is 7.44. The number of nitrogens with one attached hydrogen (secondary N) is 2. The molecule has 3 N–H and O–H groups in total. The summed E-state index contributed by atoms with van der Waals surface area (Å²) in [5.74, 6) is -2.02. The van der Waals surface area contributed by atoms with Gasteiger partial charge in [0.05, 0.1) is 74.0 Å². The van der Waals surface area contributed by atoms with Crippen molar-refractivity contribution in [1.29, 1.82) is 0 Å². The number of aryl methyl sites for hydroxylation is 1. The van der Waals surface area contributed by atoms with E-state index in [2.05, 4.69) is 15.7 Å². The molecule has 0 radical (unpaired) electrons. The number of amides is 2. The van der Waals surface area contributed by atoms with Crippen molar-refractivity contribution < 1.29 is 46.9 Å². The van der Waals surface area contributed by atoms with Gasteiger partial charge in [0.1, 0.15) is 5.00 Å². The molecule has 2 amide bonds. The zero-order valence-corrected chi connectivity index (χ0v) is 36.5. The molecule has 0 bridgehead atoms. The van der Waals surface area contributed by atoms with Gasteiger partial charge >= 0.3 is 5.97 Å². The molecule has 0 aliphatic heterocycles. The lowest BCUT2D eigenvalue weighted by Crippen LogP contribution is -2.44. The van der Waals surface area contributed by atoms with Gasteiger partial charge in [-0.2, -0.15) is 9.40 Å². The second-order valence-corrected chi connectivity index (χ2v) is 18.3. The Morgan fingerprint density at radius 2 is 1.61 bits per heavy atom. The van der Waals surface area contributed by atoms with Gasteiger partial charge in [-0.15, -0.1) is 11.3 Å². The van der Waals surface area contributed by atoms with Crippen LogP contribution in [-0.4, -0.2) is 110 Å². The lowest BCUT2D eigenvalue weighted by Gasteiger charge is -2.35. The smallest absolute Gasteiger partial charge is 0.305 e. The predicted octanol–water partition coefficient (Wildman–Crippen LogP) is 6.16. The molecule has 2 heterocycles. The molecule has 0 atom stereocenters. The van der Waals surface area contributed by atoms with Gasteiger partial charge in [0.2, 0.25) is 15.9 Å². The molecule has 2 aliphatic carbocycles. The van der Waals surface area contributed by atoms with E-state index >= 15 is 0 Å². The molecule has 6 rings (SSSR count). The van der Waals surface area contributed by atoms with E-state index in [9.17, 15) is 27.6 Å². The minimum atomic E-state index is -4.01. The second-order valence-electron chi connectivity index (χ2n) is 14.9. The number of fused-ring (bicyclic) bond motifs is 1. The monoisotopic (exact) mass is 897 g/mol. The average molecular weight is 899 g/mol. The topological polar surface area (TPSA) is 195 Å². The Bertz CT molecular complexity index is 2250. The van der Waals surface area contributed by atoms with E-state index < -0.39 is 21.9 Å². The summed E-state index contributed by atoms with van der Waals surface area (Å²) in [5, 5.41) is 19.9. The maximum atomic E-state index is 14.1. The molecule has 4 aromatic rings. The number of carbonyl (C=O) groups is 4. The maximum Gasteiger partial charge on any atom is 0.305 e. The number of hydrogen-bond acceptors (Lipinski definition) is 11. The summed E-state index contributed by atoms with van der Waals surface area (Å²) in [7, 11) is -4.01. The second kappa shape index (κ2) is 22.0. The first-order valence-corrected chi connectivity index (χ1v) is 23.3. The zero-order chi connectivity index (χ0) is 43.4. The number of halogens is 1. The number of anilines is 1. The summed E-state index contributed by atoms with van der Waals surface area (Å²) in [4.78, 5) is 52.4. The summed E-state index contributed by atoms with van der Waals surface area (Å²) in [6.07, 6.45) is 8.63. The Morgan fingerprint density at radius 3 is 2.31 bits per heavy atom. The Balaban J connectivity index is 1.02. The van der Waals surface area contributed by atoms with Crippen molar-refractivity contribution in [3.05, 3.63) is 93.1 Å². The number of carboxylic acids is 1. The summed E-state index contributed by atoms with van der Waals surface area (Å²) in [6, 6.07) is 12.8. The Kier molecular flexibility index (Phi) is 16.6. The van der Waals surface area contributed by atoms with E-state index in [0.29, 0.717) is 92.8 Å². The number of sulfonamides is 1. The molecule has 18 heteroatoms. The van der Waals surface area contributed by atoms with Crippen LogP contribution in [0.4, 0.5) is 5.00 Å². The van der Waals surface area contributed by atoms with E-state index in [-0.39, 0.29) is 53.7 Å². The summed E-state index contributed by atoms with van der Waals surface area (Å²) < 4.78 is 47.4. The third-order valence-corrected chi connectivity index (χ3v) is 14.3. The summed E-state index contributed by atoms with van der Waals surface area (Å²) in [6.45, 7) is 4.09. The van der Waals surface area contributed by atoms with E-state index in [1.807, 2.05) is 0 Å². The van der Waals surface area contributed by atoms with Crippen molar-refractivity contribution in [2.75, 3.05) is 58.0 Å². The highest BCUT2D eigenvalue weighted by molar-refractivity contribution is 7.89. The lowest BCUT2D eigenvalue weighted by atomic mass is 9.85. The molecule has 15 nitrogen and oxygen atoms in total. The fraction of sp³-hybridized carbons (Fsp3) is 0.465. The van der Waals surface area contributed by atoms with Crippen molar-refractivity contribution in [3.63, 3.8) is 0 Å². The molecule has 2 aromatic heterocycles. The number of aromatic nitrogens is 2. The lowest BCUT2D eigenvalue weighted by molar-refractivity contribution is -0.138. The number of hydrogen-bond donors (Lipinski definition) is 3. The molecule has 0 unspecified atom stereocenters. The molecular weight excluding hydrogens is 846 g/mol. The minimum absolute atomic E-state index is 0.00673. The van der Waals surface area contributed by atoms with Crippen LogP contribution in [0.25, 0.3) is 5.69 Å². The van der Waals surface area contributed by atoms with Gasteiger partial charge in [0, 0.05) is 46.7 Å². The number of carboxylic acid groups (broad SMARTS) is 1. The van der Waals surface area contributed by atoms with Crippen LogP contribution in [0, 0.1) is 5.92 Å². The van der Waals surface area contributed by atoms with Crippen molar-refractivity contribution >= 4 is 61.5 Å². The van der Waals surface area contributed by atoms with Gasteiger partial charge in [-0.05, 0) is 99.4 Å². The van der Waals surface area contributed by atoms with Gasteiger partial charge in [-0.3, -0.25) is 19.2 Å². The largest absolute Gasteiger partial charge is 0.481 e. The molecular formula is C43H52ClN5O10S2. The number of aliphatic carboxylic acids is 1. The molecule has 0 saturated heterocycles. The fourth-order valence-corrected chi connectivity index (χ4v) is 10.8. The fourth-order valence-electron chi connectivity index (χ4n) is 7.66. The van der Waals surface area contributed by atoms with Crippen LogP contribution in [0.3, 0.4) is 0 Å². The van der Waals surface area contributed by atoms with E-state index in [0.717, 1.165) is 35.4 Å². The molecule has 2 aromatic carbocycles. The third-order valence-electron chi connectivity index (χ3n) is 10.8. The van der Waals surface area contributed by atoms with E-state index in [1.165, 1.54) is 34.0 Å². The number of ketones is 1. The molecule has 328 valence electrons. The number of thiophene rings is 1. The SMILES string of the molecule is CCN(C1CCC(C(=O)NCCOCCOCCOCCC(=O)O)CC1)S(=O)(=O)c1cccc(C(=O)Nc2sc3c(c2C(=O)c2cnn(-c4ccc(Cl)cc4)c2)CCCC3)c1. The maximum absolute atomic E-state index is 14.1. The molecule has 1 saturated carbocycles. The van der Waals surface area contributed by atoms with Gasteiger partial charge in [-0.25, -0.2) is 13.1 Å². The highest BCUT2D eigenvalue weighted by Crippen LogP contribution is 2.40. The average Bonchev–Trinajstić information content (AvgIpc) is 3.90. The Morgan fingerprint density at radius 1 is 0.918 bits per heavy atom. The number of nitrogens with zero attached hydrogens (tertiary/aromatic N) is 3. The van der Waals surface area contributed by atoms with Gasteiger partial charge < -0.3 is 30.0 Å². The highest BCUT2D eigenvalue weighted by atomic mass is 35.5. The number of benzene rings is 2. The molecule has 61 heavy (non-hydrogen) atoms. The van der Waals surface area contributed by atoms with Crippen molar-refractivity contribution in [2.24, 2.45) is 5.92 Å². The van der Waals surface area contributed by atoms with Gasteiger partial charge in [-0.1, -0.05) is 24.6 Å². The summed E-state index contributed by atoms with van der Waals surface area (Å²) in [5.41, 5.74) is 2.64. The Labute approximate surface area is 364 Å². The predicted molar refractivity (Wildman–Crippen MR) is 230 cm³/mol. The van der Waals surface area contributed by atoms with Crippen molar-refractivity contribution in [1.82, 2.24) is 19.4 Å². The first kappa shape index (κ1) is 46.0. The number of rotatable bonds is 22. The Hall–Kier alpha value is -4.49. The molecule has 1 fully saturated rings.